The van der Waals surface area contributed by atoms with Crippen LogP contribution in [0.3, 0.4) is 0 Å². The summed E-state index contributed by atoms with van der Waals surface area (Å²) in [5.74, 6) is 0. The molecule has 2 heteroatoms. The zero-order valence-corrected chi connectivity index (χ0v) is 11.0. The lowest BCUT2D eigenvalue weighted by Gasteiger charge is -2.22. The molecule has 0 aromatic heterocycles. The molecule has 1 radical (unpaired) electrons. The first kappa shape index (κ1) is 11.5. The van der Waals surface area contributed by atoms with Crippen molar-refractivity contribution in [3.63, 3.8) is 0 Å². The number of rotatable bonds is 1. The fourth-order valence-corrected chi connectivity index (χ4v) is 2.95. The third-order valence-corrected chi connectivity index (χ3v) is 4.00. The van der Waals surface area contributed by atoms with E-state index in [0.29, 0.717) is 0 Å². The van der Waals surface area contributed by atoms with Crippen LogP contribution in [0.15, 0.2) is 36.4 Å². The van der Waals surface area contributed by atoms with Crippen LogP contribution in [0.25, 0.3) is 11.1 Å². The SMILES string of the molecule is Cc1ccc2c(c1)C(C)(C)c1cc([B]O)ccc1-2. The summed E-state index contributed by atoms with van der Waals surface area (Å²) in [6.07, 6.45) is 0. The Morgan fingerprint density at radius 2 is 1.56 bits per heavy atom. The minimum absolute atomic E-state index is 0.00963. The largest absolute Gasteiger partial charge is 0.450 e. The number of hydrogen-bond donors (Lipinski definition) is 1. The fraction of sp³-hybridized carbons (Fsp3) is 0.250. The number of aryl methyl sites for hydroxylation is 1. The average Bonchev–Trinajstić information content (AvgIpc) is 2.58. The molecule has 0 saturated carbocycles. The summed E-state index contributed by atoms with van der Waals surface area (Å²) in [7, 11) is 1.17. The van der Waals surface area contributed by atoms with Crippen LogP contribution in [-0.4, -0.2) is 12.5 Å². The first-order valence-corrected chi connectivity index (χ1v) is 6.27. The van der Waals surface area contributed by atoms with E-state index in [0.717, 1.165) is 5.46 Å². The molecule has 89 valence electrons. The third kappa shape index (κ3) is 1.45. The molecule has 1 aliphatic carbocycles. The first-order chi connectivity index (χ1) is 8.54. The Bertz CT molecular complexity index is 629. The fourth-order valence-electron chi connectivity index (χ4n) is 2.95. The Labute approximate surface area is 109 Å². The summed E-state index contributed by atoms with van der Waals surface area (Å²) in [5, 5.41) is 9.18. The van der Waals surface area contributed by atoms with Crippen molar-refractivity contribution in [1.29, 1.82) is 0 Å². The quantitative estimate of drug-likeness (QED) is 0.753. The normalized spacial score (nSPS) is 15.1. The first-order valence-electron chi connectivity index (χ1n) is 6.27. The zero-order valence-electron chi connectivity index (χ0n) is 11.0. The summed E-state index contributed by atoms with van der Waals surface area (Å²) in [5.41, 5.74) is 7.47. The van der Waals surface area contributed by atoms with Crippen LogP contribution in [0.4, 0.5) is 0 Å². The highest BCUT2D eigenvalue weighted by atomic mass is 16.2. The highest BCUT2D eigenvalue weighted by molar-refractivity contribution is 6.45. The second-order valence-electron chi connectivity index (χ2n) is 5.61. The maximum absolute atomic E-state index is 9.18. The molecule has 0 atom stereocenters. The maximum atomic E-state index is 9.18. The summed E-state index contributed by atoms with van der Waals surface area (Å²) in [6, 6.07) is 12.8. The van der Waals surface area contributed by atoms with E-state index in [1.54, 1.807) is 0 Å². The van der Waals surface area contributed by atoms with E-state index in [9.17, 15) is 5.02 Å². The van der Waals surface area contributed by atoms with Gasteiger partial charge in [0.15, 0.2) is 0 Å². The van der Waals surface area contributed by atoms with Crippen molar-refractivity contribution >= 4 is 12.9 Å². The molecular formula is C16H16BO. The average molecular weight is 235 g/mol. The van der Waals surface area contributed by atoms with Crippen molar-refractivity contribution in [3.05, 3.63) is 53.1 Å². The van der Waals surface area contributed by atoms with Gasteiger partial charge in [-0.2, -0.15) is 0 Å². The van der Waals surface area contributed by atoms with Crippen molar-refractivity contribution < 1.29 is 5.02 Å². The molecule has 0 spiro atoms. The van der Waals surface area contributed by atoms with Gasteiger partial charge in [0, 0.05) is 5.41 Å². The minimum atomic E-state index is 0.00963. The Kier molecular flexibility index (Phi) is 2.39. The molecule has 3 rings (SSSR count). The van der Waals surface area contributed by atoms with Crippen LogP contribution in [0.1, 0.15) is 30.5 Å². The second kappa shape index (κ2) is 3.73. The van der Waals surface area contributed by atoms with Gasteiger partial charge in [-0.1, -0.05) is 61.3 Å². The molecule has 1 N–H and O–H groups in total. The minimum Gasteiger partial charge on any atom is -0.450 e. The third-order valence-electron chi connectivity index (χ3n) is 4.00. The van der Waals surface area contributed by atoms with Crippen molar-refractivity contribution in [2.24, 2.45) is 0 Å². The van der Waals surface area contributed by atoms with Gasteiger partial charge in [0.2, 0.25) is 0 Å². The lowest BCUT2D eigenvalue weighted by Crippen LogP contribution is -2.20. The van der Waals surface area contributed by atoms with Gasteiger partial charge >= 0.3 is 7.48 Å². The Balaban J connectivity index is 2.31. The van der Waals surface area contributed by atoms with Crippen LogP contribution in [-0.2, 0) is 5.41 Å². The van der Waals surface area contributed by atoms with Gasteiger partial charge in [-0.25, -0.2) is 0 Å². The summed E-state index contributed by atoms with van der Waals surface area (Å²) < 4.78 is 0. The highest BCUT2D eigenvalue weighted by Gasteiger charge is 2.35. The summed E-state index contributed by atoms with van der Waals surface area (Å²) in [4.78, 5) is 0. The van der Waals surface area contributed by atoms with Gasteiger partial charge < -0.3 is 5.02 Å². The van der Waals surface area contributed by atoms with Crippen LogP contribution in [0.5, 0.6) is 0 Å². The molecule has 1 nitrogen and oxygen atoms in total. The second-order valence-corrected chi connectivity index (χ2v) is 5.61. The molecule has 0 saturated heterocycles. The predicted octanol–water partition coefficient (Wildman–Crippen LogP) is 2.54. The van der Waals surface area contributed by atoms with Gasteiger partial charge in [0.25, 0.3) is 0 Å². The molecule has 2 aromatic rings. The number of hydrogen-bond acceptors (Lipinski definition) is 1. The van der Waals surface area contributed by atoms with E-state index < -0.39 is 0 Å². The van der Waals surface area contributed by atoms with Gasteiger partial charge in [-0.15, -0.1) is 0 Å². The molecule has 18 heavy (non-hydrogen) atoms. The Morgan fingerprint density at radius 1 is 0.944 bits per heavy atom. The number of fused-ring (bicyclic) bond motifs is 3. The molecule has 1 aliphatic rings. The molecule has 2 aromatic carbocycles. The van der Waals surface area contributed by atoms with Crippen LogP contribution in [0.2, 0.25) is 0 Å². The molecule has 0 fully saturated rings. The highest BCUT2D eigenvalue weighted by Crippen LogP contribution is 2.48. The molecule has 0 bridgehead atoms. The van der Waals surface area contributed by atoms with Crippen molar-refractivity contribution in [3.8, 4) is 11.1 Å². The lowest BCUT2D eigenvalue weighted by atomic mass is 9.78. The smallest absolute Gasteiger partial charge is 0.326 e. The summed E-state index contributed by atoms with van der Waals surface area (Å²) >= 11 is 0. The predicted molar refractivity (Wildman–Crippen MR) is 76.3 cm³/mol. The molecule has 0 heterocycles. The van der Waals surface area contributed by atoms with E-state index in [1.807, 2.05) is 6.07 Å². The Hall–Kier alpha value is -1.54. The molecular weight excluding hydrogens is 219 g/mol. The van der Waals surface area contributed by atoms with Gasteiger partial charge in [-0.05, 0) is 29.2 Å². The lowest BCUT2D eigenvalue weighted by molar-refractivity contribution is 0.615. The standard InChI is InChI=1S/C16H16BO/c1-10-4-6-12-13-7-5-11(17-18)9-15(13)16(2,3)14(12)8-10/h4-9,18H,1-3H3. The molecule has 0 aliphatic heterocycles. The van der Waals surface area contributed by atoms with Crippen molar-refractivity contribution in [2.45, 2.75) is 26.2 Å². The van der Waals surface area contributed by atoms with Crippen molar-refractivity contribution in [2.75, 3.05) is 0 Å². The summed E-state index contributed by atoms with van der Waals surface area (Å²) in [6.45, 7) is 6.63. The van der Waals surface area contributed by atoms with Gasteiger partial charge in [0.1, 0.15) is 0 Å². The van der Waals surface area contributed by atoms with E-state index in [4.69, 9.17) is 0 Å². The zero-order chi connectivity index (χ0) is 12.9. The van der Waals surface area contributed by atoms with Crippen LogP contribution >= 0.6 is 0 Å². The van der Waals surface area contributed by atoms with Crippen LogP contribution < -0.4 is 5.46 Å². The van der Waals surface area contributed by atoms with Crippen LogP contribution in [0, 0.1) is 6.92 Å². The molecule has 0 unspecified atom stereocenters. The number of benzene rings is 2. The molecule has 0 amide bonds. The van der Waals surface area contributed by atoms with E-state index in [1.165, 1.54) is 35.3 Å². The van der Waals surface area contributed by atoms with Gasteiger partial charge in [-0.3, -0.25) is 0 Å². The maximum Gasteiger partial charge on any atom is 0.326 e. The van der Waals surface area contributed by atoms with E-state index >= 15 is 0 Å². The van der Waals surface area contributed by atoms with E-state index in [2.05, 4.69) is 51.1 Å². The Morgan fingerprint density at radius 3 is 2.22 bits per heavy atom. The topological polar surface area (TPSA) is 20.2 Å². The van der Waals surface area contributed by atoms with Crippen molar-refractivity contribution in [1.82, 2.24) is 0 Å². The van der Waals surface area contributed by atoms with Gasteiger partial charge in [0.05, 0.1) is 0 Å². The van der Waals surface area contributed by atoms with E-state index in [-0.39, 0.29) is 5.41 Å². The monoisotopic (exact) mass is 235 g/mol.